The largest absolute Gasteiger partial charge is 0.478 e. The van der Waals surface area contributed by atoms with Gasteiger partial charge in [0.1, 0.15) is 9.79 Å². The molecule has 21 heavy (non-hydrogen) atoms. The highest BCUT2D eigenvalue weighted by atomic mass is 32.2. The van der Waals surface area contributed by atoms with Crippen LogP contribution in [0.25, 0.3) is 0 Å². The van der Waals surface area contributed by atoms with E-state index in [1.165, 1.54) is 0 Å². The number of carbonyl (C=O) groups is 1. The van der Waals surface area contributed by atoms with E-state index in [1.807, 2.05) is 0 Å². The van der Waals surface area contributed by atoms with Gasteiger partial charge in [-0.15, -0.1) is 0 Å². The fourth-order valence-corrected chi connectivity index (χ4v) is 4.14. The fraction of sp³-hybridized carbons (Fsp3) is 0.222. The number of benzene rings is 1. The van der Waals surface area contributed by atoms with Gasteiger partial charge < -0.3 is 5.11 Å². The fourth-order valence-electron chi connectivity index (χ4n) is 1.48. The van der Waals surface area contributed by atoms with Crippen molar-refractivity contribution in [2.24, 2.45) is 0 Å². The van der Waals surface area contributed by atoms with Gasteiger partial charge in [0.2, 0.25) is 0 Å². The smallest absolute Gasteiger partial charge is 0.337 e. The number of rotatable bonds is 7. The highest BCUT2D eigenvalue weighted by Gasteiger charge is 2.32. The van der Waals surface area contributed by atoms with E-state index in [4.69, 9.17) is 5.11 Å². The van der Waals surface area contributed by atoms with Crippen molar-refractivity contribution < 1.29 is 36.4 Å². The first-order valence-electron chi connectivity index (χ1n) is 5.13. The van der Waals surface area contributed by atoms with Crippen LogP contribution in [0.1, 0.15) is 10.4 Å². The lowest BCUT2D eigenvalue weighted by atomic mass is 10.2. The van der Waals surface area contributed by atoms with E-state index in [0.29, 0.717) is 0 Å². The molecule has 1 aromatic rings. The molecule has 0 radical (unpaired) electrons. The van der Waals surface area contributed by atoms with E-state index in [1.54, 1.807) is 9.77 Å². The second-order valence-electron chi connectivity index (χ2n) is 3.52. The molecule has 0 unspecified atom stereocenters. The van der Waals surface area contributed by atoms with Crippen LogP contribution in [0.15, 0.2) is 28.0 Å². The van der Waals surface area contributed by atoms with Gasteiger partial charge in [0.05, 0.1) is 19.8 Å². The molecule has 0 amide bonds. The Morgan fingerprint density at radius 2 is 1.57 bits per heavy atom. The lowest BCUT2D eigenvalue weighted by Crippen LogP contribution is -2.30. The molecule has 0 aromatic heterocycles. The van der Waals surface area contributed by atoms with Crippen molar-refractivity contribution >= 4 is 26.0 Å². The van der Waals surface area contributed by atoms with Crippen LogP contribution in [0.3, 0.4) is 0 Å². The Kier molecular flexibility index (Phi) is 5.38. The minimum absolute atomic E-state index is 0.737. The van der Waals surface area contributed by atoms with Gasteiger partial charge >= 0.3 is 5.97 Å². The second-order valence-corrected chi connectivity index (χ2v) is 6.71. The van der Waals surface area contributed by atoms with E-state index in [2.05, 4.69) is 9.68 Å². The maximum Gasteiger partial charge on any atom is 0.337 e. The lowest BCUT2D eigenvalue weighted by molar-refractivity contribution is 0.0691. The van der Waals surface area contributed by atoms with Crippen molar-refractivity contribution in [3.05, 3.63) is 23.8 Å². The van der Waals surface area contributed by atoms with Gasteiger partial charge in [0, 0.05) is 0 Å². The molecule has 3 N–H and O–H groups in total. The van der Waals surface area contributed by atoms with Crippen molar-refractivity contribution in [3.63, 3.8) is 0 Å². The van der Waals surface area contributed by atoms with Crippen LogP contribution in [0, 0.1) is 0 Å². The molecule has 0 saturated carbocycles. The van der Waals surface area contributed by atoms with E-state index < -0.39 is 41.4 Å². The molecule has 0 heterocycles. The molecule has 0 aliphatic heterocycles. The molecule has 0 aliphatic carbocycles. The Balaban J connectivity index is 3.76. The monoisotopic (exact) mass is 340 g/mol. The van der Waals surface area contributed by atoms with Gasteiger partial charge in [-0.3, -0.25) is 9.68 Å². The number of nitrogens with one attached hydrogen (secondary N) is 2. The molecule has 1 aromatic carbocycles. The Hall–Kier alpha value is -1.57. The van der Waals surface area contributed by atoms with Crippen molar-refractivity contribution in [2.45, 2.75) is 9.79 Å². The molecule has 1 rings (SSSR count). The number of carboxylic acids is 1. The zero-order chi connectivity index (χ0) is 16.3. The zero-order valence-electron chi connectivity index (χ0n) is 10.9. The average Bonchev–Trinajstić information content (AvgIpc) is 2.37. The summed E-state index contributed by atoms with van der Waals surface area (Å²) in [5.74, 6) is -1.62. The van der Waals surface area contributed by atoms with Crippen LogP contribution < -0.4 is 9.77 Å². The van der Waals surface area contributed by atoms with E-state index >= 15 is 0 Å². The van der Waals surface area contributed by atoms with E-state index in [9.17, 15) is 21.6 Å². The van der Waals surface area contributed by atoms with Crippen molar-refractivity contribution in [2.75, 3.05) is 14.2 Å². The normalized spacial score (nSPS) is 12.3. The first-order valence-corrected chi connectivity index (χ1v) is 8.10. The summed E-state index contributed by atoms with van der Waals surface area (Å²) < 4.78 is 47.8. The summed E-state index contributed by atoms with van der Waals surface area (Å²) in [7, 11) is -6.98. The van der Waals surface area contributed by atoms with Gasteiger partial charge in [-0.25, -0.2) is 21.6 Å². The highest BCUT2D eigenvalue weighted by molar-refractivity contribution is 7.92. The van der Waals surface area contributed by atoms with E-state index in [0.717, 1.165) is 32.4 Å². The number of carboxylic acid groups (broad SMARTS) is 1. The van der Waals surface area contributed by atoms with Crippen LogP contribution in [0.5, 0.6) is 0 Å². The summed E-state index contributed by atoms with van der Waals surface area (Å²) in [6.07, 6.45) is 0. The summed E-state index contributed by atoms with van der Waals surface area (Å²) >= 11 is 0. The Morgan fingerprint density at radius 3 is 2.05 bits per heavy atom. The third kappa shape index (κ3) is 3.75. The first-order chi connectivity index (χ1) is 9.67. The van der Waals surface area contributed by atoms with Gasteiger partial charge in [-0.05, 0) is 12.1 Å². The molecule has 118 valence electrons. The zero-order valence-corrected chi connectivity index (χ0v) is 12.5. The molecule has 12 heteroatoms. The first kappa shape index (κ1) is 17.5. The molecule has 0 aliphatic rings. The summed E-state index contributed by atoms with van der Waals surface area (Å²) in [4.78, 5) is 21.0. The lowest BCUT2D eigenvalue weighted by Gasteiger charge is -2.13. The van der Waals surface area contributed by atoms with Crippen LogP contribution in [0.4, 0.5) is 0 Å². The second kappa shape index (κ2) is 6.46. The molecule has 0 fully saturated rings. The minimum Gasteiger partial charge on any atom is -0.478 e. The minimum atomic E-state index is -4.55. The number of hydrogen-bond donors (Lipinski definition) is 3. The van der Waals surface area contributed by atoms with Gasteiger partial charge in [0.15, 0.2) is 0 Å². The van der Waals surface area contributed by atoms with Crippen LogP contribution in [0.2, 0.25) is 0 Å². The van der Waals surface area contributed by atoms with Gasteiger partial charge in [-0.2, -0.15) is 0 Å². The predicted molar refractivity (Wildman–Crippen MR) is 68.1 cm³/mol. The maximum absolute atomic E-state index is 12.0. The van der Waals surface area contributed by atoms with Crippen molar-refractivity contribution in [1.82, 2.24) is 9.77 Å². The summed E-state index contributed by atoms with van der Waals surface area (Å²) in [6, 6.07) is 2.94. The van der Waals surface area contributed by atoms with E-state index in [-0.39, 0.29) is 0 Å². The Bertz CT molecular complexity index is 741. The molecular weight excluding hydrogens is 328 g/mol. The van der Waals surface area contributed by atoms with Crippen molar-refractivity contribution in [3.8, 4) is 0 Å². The van der Waals surface area contributed by atoms with Crippen LogP contribution in [-0.2, 0) is 29.7 Å². The number of aromatic carboxylic acids is 1. The van der Waals surface area contributed by atoms with Crippen molar-refractivity contribution in [1.29, 1.82) is 0 Å². The molecule has 0 saturated heterocycles. The number of sulfonamides is 2. The third-order valence-electron chi connectivity index (χ3n) is 2.15. The van der Waals surface area contributed by atoms with Gasteiger partial charge in [0.25, 0.3) is 20.0 Å². The average molecular weight is 340 g/mol. The third-order valence-corrected chi connectivity index (χ3v) is 4.95. The maximum atomic E-state index is 12.0. The molecule has 0 spiro atoms. The molecular formula is C9H12N2O8S2. The van der Waals surface area contributed by atoms with Crippen LogP contribution in [-0.4, -0.2) is 42.1 Å². The van der Waals surface area contributed by atoms with Gasteiger partial charge in [-0.1, -0.05) is 15.8 Å². The molecule has 0 bridgehead atoms. The highest BCUT2D eigenvalue weighted by Crippen LogP contribution is 2.25. The summed E-state index contributed by atoms with van der Waals surface area (Å²) in [5, 5.41) is 9.04. The topological polar surface area (TPSA) is 148 Å². The quantitative estimate of drug-likeness (QED) is 0.539. The SMILES string of the molecule is CONS(=O)(=O)c1cccc(C(=O)O)c1S(=O)(=O)NOC. The predicted octanol–water partition coefficient (Wildman–Crippen LogP) is -0.936. The molecule has 0 atom stereocenters. The summed E-state index contributed by atoms with van der Waals surface area (Å²) in [6.45, 7) is 0. The van der Waals surface area contributed by atoms with Crippen LogP contribution >= 0.6 is 0 Å². The Labute approximate surface area is 120 Å². The number of hydrogen-bond acceptors (Lipinski definition) is 7. The molecule has 10 nitrogen and oxygen atoms in total. The Morgan fingerprint density at radius 1 is 1.05 bits per heavy atom. The summed E-state index contributed by atoms with van der Waals surface area (Å²) in [5.41, 5.74) is -0.737. The standard InChI is InChI=1S/C9H12N2O8S2/c1-18-10-20(14,15)7-5-3-4-6(9(12)13)8(7)21(16,17)11-19-2/h3-5,10-11H,1-2H3,(H,12,13).